The van der Waals surface area contributed by atoms with Crippen molar-refractivity contribution < 1.29 is 9.90 Å². The van der Waals surface area contributed by atoms with E-state index in [2.05, 4.69) is 24.3 Å². The Balaban J connectivity index is 1.36. The Morgan fingerprint density at radius 2 is 1.94 bits per heavy atom. The molecule has 0 bridgehead atoms. The highest BCUT2D eigenvalue weighted by molar-refractivity contribution is 6.03. The SMILES string of the molecule is CC(C)C1CCC(n2cc(CC(=O)c3cnn4ccc(NCC5CC5)cc34)c(C(C)(C)O)n2)CC1. The summed E-state index contributed by atoms with van der Waals surface area (Å²) in [4.78, 5) is 13.5. The summed E-state index contributed by atoms with van der Waals surface area (Å²) in [5, 5.41) is 23.5. The molecule has 2 fully saturated rings. The molecule has 2 N–H and O–H groups in total. The Morgan fingerprint density at radius 3 is 2.60 bits per heavy atom. The van der Waals surface area contributed by atoms with Crippen molar-refractivity contribution in [3.8, 4) is 0 Å². The monoisotopic (exact) mass is 477 g/mol. The van der Waals surface area contributed by atoms with Crippen molar-refractivity contribution >= 4 is 17.0 Å². The summed E-state index contributed by atoms with van der Waals surface area (Å²) in [5.41, 5.74) is 2.71. The van der Waals surface area contributed by atoms with Crippen LogP contribution in [0, 0.1) is 17.8 Å². The average Bonchev–Trinajstić information content (AvgIpc) is 3.39. The Kier molecular flexibility index (Phi) is 6.47. The summed E-state index contributed by atoms with van der Waals surface area (Å²) in [5.74, 6) is 2.25. The molecule has 3 heterocycles. The summed E-state index contributed by atoms with van der Waals surface area (Å²) in [6.45, 7) is 9.08. The molecule has 0 saturated heterocycles. The van der Waals surface area contributed by atoms with Gasteiger partial charge in [-0.25, -0.2) is 4.52 Å². The van der Waals surface area contributed by atoms with Gasteiger partial charge in [-0.15, -0.1) is 0 Å². The van der Waals surface area contributed by atoms with Crippen molar-refractivity contribution in [1.82, 2.24) is 19.4 Å². The van der Waals surface area contributed by atoms with Crippen LogP contribution in [0.5, 0.6) is 0 Å². The number of nitrogens with one attached hydrogen (secondary N) is 1. The quantitative estimate of drug-likeness (QED) is 0.404. The van der Waals surface area contributed by atoms with Gasteiger partial charge < -0.3 is 10.4 Å². The number of nitrogens with zero attached hydrogens (tertiary/aromatic N) is 4. The predicted molar refractivity (Wildman–Crippen MR) is 138 cm³/mol. The lowest BCUT2D eigenvalue weighted by atomic mass is 9.80. The van der Waals surface area contributed by atoms with Gasteiger partial charge in [0.25, 0.3) is 0 Å². The van der Waals surface area contributed by atoms with Gasteiger partial charge in [-0.2, -0.15) is 10.2 Å². The molecule has 2 aliphatic rings. The van der Waals surface area contributed by atoms with Crippen LogP contribution in [0.3, 0.4) is 0 Å². The molecule has 0 aromatic carbocycles. The number of carbonyl (C=O) groups is 1. The molecular formula is C28H39N5O2. The maximum atomic E-state index is 13.5. The van der Waals surface area contributed by atoms with E-state index in [-0.39, 0.29) is 12.2 Å². The Morgan fingerprint density at radius 1 is 1.20 bits per heavy atom. The second kappa shape index (κ2) is 9.41. The highest BCUT2D eigenvalue weighted by Crippen LogP contribution is 2.37. The number of hydrogen-bond donors (Lipinski definition) is 2. The van der Waals surface area contributed by atoms with Crippen LogP contribution in [0.1, 0.15) is 93.9 Å². The molecule has 0 spiro atoms. The van der Waals surface area contributed by atoms with Crippen molar-refractivity contribution in [3.05, 3.63) is 47.5 Å². The first-order chi connectivity index (χ1) is 16.7. The van der Waals surface area contributed by atoms with Crippen LogP contribution in [0.25, 0.3) is 5.52 Å². The molecule has 0 aliphatic heterocycles. The lowest BCUT2D eigenvalue weighted by Crippen LogP contribution is -2.23. The Labute approximate surface area is 207 Å². The summed E-state index contributed by atoms with van der Waals surface area (Å²) in [7, 11) is 0. The number of ketones is 1. The van der Waals surface area contributed by atoms with E-state index in [1.807, 2.05) is 29.2 Å². The van der Waals surface area contributed by atoms with Gasteiger partial charge in [0.15, 0.2) is 5.78 Å². The van der Waals surface area contributed by atoms with Gasteiger partial charge in [-0.3, -0.25) is 9.48 Å². The minimum absolute atomic E-state index is 0.00657. The van der Waals surface area contributed by atoms with Gasteiger partial charge in [-0.05, 0) is 82.3 Å². The maximum absolute atomic E-state index is 13.5. The third kappa shape index (κ3) is 5.30. The zero-order chi connectivity index (χ0) is 24.7. The normalized spacial score (nSPS) is 21.1. The molecule has 3 aromatic rings. The molecule has 35 heavy (non-hydrogen) atoms. The second-order valence-electron chi connectivity index (χ2n) is 11.6. The van der Waals surface area contributed by atoms with E-state index in [4.69, 9.17) is 5.10 Å². The molecule has 0 radical (unpaired) electrons. The lowest BCUT2D eigenvalue weighted by Gasteiger charge is -2.31. The maximum Gasteiger partial charge on any atom is 0.171 e. The van der Waals surface area contributed by atoms with Crippen molar-refractivity contribution in [3.63, 3.8) is 0 Å². The molecule has 2 saturated carbocycles. The summed E-state index contributed by atoms with van der Waals surface area (Å²) in [6, 6.07) is 4.34. The summed E-state index contributed by atoms with van der Waals surface area (Å²) in [6.07, 6.45) is 12.9. The summed E-state index contributed by atoms with van der Waals surface area (Å²) < 4.78 is 3.77. The van der Waals surface area contributed by atoms with E-state index in [1.165, 1.54) is 25.7 Å². The number of Topliss-reactive ketones (excluding diaryl/α,β-unsaturated/α-hetero) is 1. The number of aliphatic hydroxyl groups is 1. The van der Waals surface area contributed by atoms with Gasteiger partial charge >= 0.3 is 0 Å². The molecule has 7 heteroatoms. The van der Waals surface area contributed by atoms with E-state index in [1.54, 1.807) is 24.6 Å². The Hall–Kier alpha value is -2.67. The smallest absolute Gasteiger partial charge is 0.171 e. The largest absolute Gasteiger partial charge is 0.385 e. The molecule has 188 valence electrons. The van der Waals surface area contributed by atoms with Crippen LogP contribution < -0.4 is 5.32 Å². The first-order valence-corrected chi connectivity index (χ1v) is 13.2. The van der Waals surface area contributed by atoms with Gasteiger partial charge in [0, 0.05) is 36.6 Å². The molecule has 0 atom stereocenters. The second-order valence-corrected chi connectivity index (χ2v) is 11.6. The number of rotatable bonds is 9. The number of pyridine rings is 1. The van der Waals surface area contributed by atoms with Crippen LogP contribution in [-0.2, 0) is 12.0 Å². The third-order valence-electron chi connectivity index (χ3n) is 7.91. The first-order valence-electron chi connectivity index (χ1n) is 13.2. The third-order valence-corrected chi connectivity index (χ3v) is 7.91. The van der Waals surface area contributed by atoms with Crippen molar-refractivity contribution in [2.45, 2.75) is 84.3 Å². The number of hydrogen-bond acceptors (Lipinski definition) is 5. The fourth-order valence-electron chi connectivity index (χ4n) is 5.45. The van der Waals surface area contributed by atoms with Crippen LogP contribution in [0.4, 0.5) is 5.69 Å². The van der Waals surface area contributed by atoms with E-state index in [9.17, 15) is 9.90 Å². The zero-order valence-electron chi connectivity index (χ0n) is 21.5. The van der Waals surface area contributed by atoms with E-state index < -0.39 is 5.60 Å². The topological polar surface area (TPSA) is 84.5 Å². The van der Waals surface area contributed by atoms with Gasteiger partial charge in [0.05, 0.1) is 29.0 Å². The molecule has 7 nitrogen and oxygen atoms in total. The van der Waals surface area contributed by atoms with Gasteiger partial charge in [0.1, 0.15) is 5.60 Å². The average molecular weight is 478 g/mol. The molecule has 0 unspecified atom stereocenters. The van der Waals surface area contributed by atoms with Crippen LogP contribution in [0.15, 0.2) is 30.7 Å². The lowest BCUT2D eigenvalue weighted by molar-refractivity contribution is 0.0713. The fraction of sp³-hybridized carbons (Fsp3) is 0.607. The van der Waals surface area contributed by atoms with E-state index >= 15 is 0 Å². The molecule has 3 aromatic heterocycles. The minimum Gasteiger partial charge on any atom is -0.385 e. The highest BCUT2D eigenvalue weighted by Gasteiger charge is 2.30. The highest BCUT2D eigenvalue weighted by atomic mass is 16.3. The Bertz CT molecular complexity index is 1190. The fourth-order valence-corrected chi connectivity index (χ4v) is 5.45. The van der Waals surface area contributed by atoms with Crippen LogP contribution >= 0.6 is 0 Å². The van der Waals surface area contributed by atoms with Crippen LogP contribution in [-0.4, -0.2) is 36.8 Å². The number of carbonyl (C=O) groups excluding carboxylic acids is 1. The summed E-state index contributed by atoms with van der Waals surface area (Å²) >= 11 is 0. The van der Waals surface area contributed by atoms with E-state index in [0.717, 1.165) is 48.0 Å². The van der Waals surface area contributed by atoms with Crippen LogP contribution in [0.2, 0.25) is 0 Å². The van der Waals surface area contributed by atoms with Gasteiger partial charge in [0.2, 0.25) is 0 Å². The predicted octanol–water partition coefficient (Wildman–Crippen LogP) is 5.39. The number of fused-ring (bicyclic) bond motifs is 1. The zero-order valence-corrected chi connectivity index (χ0v) is 21.5. The van der Waals surface area contributed by atoms with Crippen molar-refractivity contribution in [1.29, 1.82) is 0 Å². The number of anilines is 1. The number of aromatic nitrogens is 4. The standard InChI is InChI=1S/C28H39N5O2/c1-18(2)20-7-9-23(10-8-20)33-17-21(27(31-33)28(3,4)35)13-26(34)24-16-30-32-12-11-22(14-25(24)32)29-15-19-5-6-19/h11-12,14,16-20,23,29,35H,5-10,13,15H2,1-4H3. The molecular weight excluding hydrogens is 438 g/mol. The molecule has 5 rings (SSSR count). The van der Waals surface area contributed by atoms with E-state index in [0.29, 0.717) is 23.2 Å². The van der Waals surface area contributed by atoms with Crippen molar-refractivity contribution in [2.75, 3.05) is 11.9 Å². The van der Waals surface area contributed by atoms with Crippen molar-refractivity contribution in [2.24, 2.45) is 17.8 Å². The molecule has 0 amide bonds. The van der Waals surface area contributed by atoms with Gasteiger partial charge in [-0.1, -0.05) is 13.8 Å². The minimum atomic E-state index is -1.11. The molecule has 2 aliphatic carbocycles. The first kappa shape index (κ1) is 24.0.